The molecule has 6 aromatic carbocycles. The SMILES string of the molecule is c1ccc(N2c3cc4ccccc4cc3B3Oc4c(ccc5ccccc45)-c4cccc2c43)cc1. The second-order valence-corrected chi connectivity index (χ2v) is 9.33. The van der Waals surface area contributed by atoms with Gasteiger partial charge in [0.2, 0.25) is 0 Å². The molecular formula is C32H20BNO. The molecule has 0 saturated carbocycles. The second-order valence-electron chi connectivity index (χ2n) is 9.33. The highest BCUT2D eigenvalue weighted by Gasteiger charge is 2.42. The number of benzene rings is 6. The summed E-state index contributed by atoms with van der Waals surface area (Å²) in [6.45, 7) is -0.168. The molecule has 35 heavy (non-hydrogen) atoms. The lowest BCUT2D eigenvalue weighted by atomic mass is 9.49. The summed E-state index contributed by atoms with van der Waals surface area (Å²) in [5.41, 5.74) is 8.36. The van der Waals surface area contributed by atoms with Gasteiger partial charge < -0.3 is 9.55 Å². The average Bonchev–Trinajstić information content (AvgIpc) is 2.93. The minimum absolute atomic E-state index is 0.168. The molecule has 8 rings (SSSR count). The predicted octanol–water partition coefficient (Wildman–Crippen LogP) is 6.94. The van der Waals surface area contributed by atoms with Crippen molar-refractivity contribution in [1.82, 2.24) is 0 Å². The van der Waals surface area contributed by atoms with Gasteiger partial charge in [0.15, 0.2) is 0 Å². The fraction of sp³-hybridized carbons (Fsp3) is 0. The van der Waals surface area contributed by atoms with Gasteiger partial charge in [-0.1, -0.05) is 97.1 Å². The standard InChI is InChI=1S/C32H20BNO/c1-2-12-24(13-3-1)34-29-16-8-15-26-27-18-17-21-9-6-7-14-25(21)32(27)35-33(31(26)29)28-19-22-10-4-5-11-23(22)20-30(28)34/h1-20H. The molecule has 2 heterocycles. The van der Waals surface area contributed by atoms with Gasteiger partial charge in [0.05, 0.1) is 0 Å². The number of fused-ring (bicyclic) bond motifs is 7. The molecule has 0 bridgehead atoms. The van der Waals surface area contributed by atoms with Gasteiger partial charge in [-0.05, 0) is 51.5 Å². The van der Waals surface area contributed by atoms with Crippen molar-refractivity contribution in [2.45, 2.75) is 0 Å². The Hall–Kier alpha value is -4.50. The zero-order chi connectivity index (χ0) is 22.9. The van der Waals surface area contributed by atoms with Crippen LogP contribution in [-0.4, -0.2) is 6.92 Å². The monoisotopic (exact) mass is 445 g/mol. The third-order valence-electron chi connectivity index (χ3n) is 7.42. The molecule has 0 aromatic heterocycles. The molecule has 6 aromatic rings. The van der Waals surface area contributed by atoms with E-state index in [0.29, 0.717) is 0 Å². The van der Waals surface area contributed by atoms with Crippen LogP contribution in [0.5, 0.6) is 5.75 Å². The Bertz CT molecular complexity index is 1790. The minimum atomic E-state index is -0.168. The number of hydrogen-bond donors (Lipinski definition) is 0. The summed E-state index contributed by atoms with van der Waals surface area (Å²) in [5, 5.41) is 4.82. The smallest absolute Gasteiger partial charge is 0.431 e. The van der Waals surface area contributed by atoms with Crippen LogP contribution in [0.4, 0.5) is 17.1 Å². The molecule has 0 fully saturated rings. The Morgan fingerprint density at radius 1 is 0.543 bits per heavy atom. The molecule has 2 aliphatic rings. The molecule has 2 nitrogen and oxygen atoms in total. The molecule has 162 valence electrons. The van der Waals surface area contributed by atoms with Crippen molar-refractivity contribution in [2.75, 3.05) is 4.90 Å². The van der Waals surface area contributed by atoms with Crippen molar-refractivity contribution in [1.29, 1.82) is 0 Å². The first kappa shape index (κ1) is 18.9. The van der Waals surface area contributed by atoms with Crippen molar-refractivity contribution >= 4 is 56.4 Å². The third-order valence-corrected chi connectivity index (χ3v) is 7.42. The van der Waals surface area contributed by atoms with E-state index in [1.54, 1.807) is 0 Å². The molecule has 0 spiro atoms. The normalized spacial score (nSPS) is 13.3. The average molecular weight is 445 g/mol. The number of para-hydroxylation sites is 1. The first-order valence-corrected chi connectivity index (χ1v) is 12.1. The predicted molar refractivity (Wildman–Crippen MR) is 147 cm³/mol. The summed E-state index contributed by atoms with van der Waals surface area (Å²) in [7, 11) is 0. The van der Waals surface area contributed by atoms with E-state index in [1.165, 1.54) is 44.0 Å². The van der Waals surface area contributed by atoms with Gasteiger partial charge in [0.25, 0.3) is 0 Å². The lowest BCUT2D eigenvalue weighted by Gasteiger charge is -2.40. The van der Waals surface area contributed by atoms with E-state index >= 15 is 0 Å². The lowest BCUT2D eigenvalue weighted by Crippen LogP contribution is -2.56. The number of hydrogen-bond acceptors (Lipinski definition) is 2. The summed E-state index contributed by atoms with van der Waals surface area (Å²) in [6.07, 6.45) is 0. The zero-order valence-electron chi connectivity index (χ0n) is 19.0. The van der Waals surface area contributed by atoms with E-state index in [2.05, 4.69) is 126 Å². The quantitative estimate of drug-likeness (QED) is 0.254. The van der Waals surface area contributed by atoms with Crippen LogP contribution in [0.25, 0.3) is 32.7 Å². The molecule has 0 saturated heterocycles. The summed E-state index contributed by atoms with van der Waals surface area (Å²) in [6, 6.07) is 43.5. The molecule has 0 atom stereocenters. The second kappa shape index (κ2) is 7.00. The van der Waals surface area contributed by atoms with Crippen LogP contribution in [-0.2, 0) is 0 Å². The van der Waals surface area contributed by atoms with Gasteiger partial charge in [0.1, 0.15) is 5.75 Å². The Balaban J connectivity index is 1.49. The van der Waals surface area contributed by atoms with E-state index in [-0.39, 0.29) is 6.92 Å². The maximum Gasteiger partial charge on any atom is 0.431 e. The Morgan fingerprint density at radius 2 is 1.29 bits per heavy atom. The summed E-state index contributed by atoms with van der Waals surface area (Å²) < 4.78 is 6.99. The minimum Gasteiger partial charge on any atom is -0.550 e. The fourth-order valence-corrected chi connectivity index (χ4v) is 5.87. The topological polar surface area (TPSA) is 12.5 Å². The van der Waals surface area contributed by atoms with Crippen LogP contribution in [0.15, 0.2) is 121 Å². The molecule has 0 N–H and O–H groups in total. The molecule has 0 aliphatic carbocycles. The van der Waals surface area contributed by atoms with Gasteiger partial charge in [-0.3, -0.25) is 0 Å². The highest BCUT2D eigenvalue weighted by Crippen LogP contribution is 2.45. The summed E-state index contributed by atoms with van der Waals surface area (Å²) >= 11 is 0. The first-order valence-electron chi connectivity index (χ1n) is 12.1. The maximum atomic E-state index is 6.99. The Labute approximate surface area is 204 Å². The van der Waals surface area contributed by atoms with Crippen molar-refractivity contribution in [2.24, 2.45) is 0 Å². The lowest BCUT2D eigenvalue weighted by molar-refractivity contribution is 0.597. The van der Waals surface area contributed by atoms with E-state index in [4.69, 9.17) is 4.65 Å². The van der Waals surface area contributed by atoms with Gasteiger partial charge in [-0.2, -0.15) is 0 Å². The molecule has 0 radical (unpaired) electrons. The number of rotatable bonds is 1. The summed E-state index contributed by atoms with van der Waals surface area (Å²) in [4.78, 5) is 2.40. The van der Waals surface area contributed by atoms with Crippen LogP contribution in [0.3, 0.4) is 0 Å². The van der Waals surface area contributed by atoms with Crippen molar-refractivity contribution < 1.29 is 4.65 Å². The highest BCUT2D eigenvalue weighted by molar-refractivity contribution is 6.86. The van der Waals surface area contributed by atoms with E-state index in [0.717, 1.165) is 22.4 Å². The van der Waals surface area contributed by atoms with E-state index in [1.807, 2.05) is 0 Å². The largest absolute Gasteiger partial charge is 0.550 e. The summed E-state index contributed by atoms with van der Waals surface area (Å²) in [5.74, 6) is 0.977. The number of anilines is 3. The van der Waals surface area contributed by atoms with Crippen LogP contribution in [0.1, 0.15) is 0 Å². The molecule has 0 unspecified atom stereocenters. The van der Waals surface area contributed by atoms with Gasteiger partial charge >= 0.3 is 6.92 Å². The molecule has 3 heteroatoms. The van der Waals surface area contributed by atoms with Gasteiger partial charge in [-0.25, -0.2) is 0 Å². The Morgan fingerprint density at radius 3 is 2.14 bits per heavy atom. The molecular weight excluding hydrogens is 425 g/mol. The van der Waals surface area contributed by atoms with Crippen LogP contribution in [0, 0.1) is 0 Å². The van der Waals surface area contributed by atoms with Crippen LogP contribution >= 0.6 is 0 Å². The first-order chi connectivity index (χ1) is 17.4. The maximum absolute atomic E-state index is 6.99. The zero-order valence-corrected chi connectivity index (χ0v) is 19.0. The fourth-order valence-electron chi connectivity index (χ4n) is 5.87. The van der Waals surface area contributed by atoms with Crippen LogP contribution < -0.4 is 20.5 Å². The molecule has 2 aliphatic heterocycles. The number of nitrogens with zero attached hydrogens (tertiary/aromatic N) is 1. The van der Waals surface area contributed by atoms with Crippen molar-refractivity contribution in [3.63, 3.8) is 0 Å². The highest BCUT2D eigenvalue weighted by atomic mass is 16.4. The van der Waals surface area contributed by atoms with Crippen molar-refractivity contribution in [3.8, 4) is 16.9 Å². The van der Waals surface area contributed by atoms with Gasteiger partial charge in [0, 0.05) is 33.5 Å². The van der Waals surface area contributed by atoms with Crippen molar-refractivity contribution in [3.05, 3.63) is 121 Å². The van der Waals surface area contributed by atoms with Crippen LogP contribution in [0.2, 0.25) is 0 Å². The van der Waals surface area contributed by atoms with E-state index < -0.39 is 0 Å². The van der Waals surface area contributed by atoms with E-state index in [9.17, 15) is 0 Å². The third kappa shape index (κ3) is 2.61. The Kier molecular flexibility index (Phi) is 3.78. The van der Waals surface area contributed by atoms with Gasteiger partial charge in [-0.15, -0.1) is 0 Å². The molecule has 0 amide bonds.